The molecule has 1 heterocycles. The number of aliphatic carboxylic acids is 1. The highest BCUT2D eigenvalue weighted by Gasteiger charge is 2.44. The molecule has 9 heteroatoms. The number of hydrogen-bond donors (Lipinski definition) is 3. The average molecular weight is 354 g/mol. The zero-order valence-corrected chi connectivity index (χ0v) is 12.8. The van der Waals surface area contributed by atoms with E-state index in [1.807, 2.05) is 0 Å². The van der Waals surface area contributed by atoms with Crippen LogP contribution in [0, 0.1) is 0 Å². The molecule has 0 bridgehead atoms. The van der Waals surface area contributed by atoms with Gasteiger partial charge in [0, 0.05) is 13.0 Å². The fraction of sp³-hybridized carbons (Fsp3) is 0.333. The van der Waals surface area contributed by atoms with E-state index >= 15 is 0 Å². The van der Waals surface area contributed by atoms with E-state index in [1.165, 1.54) is 12.1 Å². The summed E-state index contributed by atoms with van der Waals surface area (Å²) in [5.74, 6) is -1.16. The Hall–Kier alpha value is -1.21. The number of amides is 2. The van der Waals surface area contributed by atoms with Crippen LogP contribution in [0.4, 0.5) is 10.5 Å². The predicted octanol–water partition coefficient (Wildman–Crippen LogP) is 3.01. The van der Waals surface area contributed by atoms with Crippen molar-refractivity contribution in [3.8, 4) is 0 Å². The van der Waals surface area contributed by atoms with Crippen LogP contribution in [0.2, 0.25) is 15.1 Å². The molecule has 1 unspecified atom stereocenters. The standard InChI is InChI=1S/C12H11Cl3N2O4/c13-6-3-8(15)9(4-7(6)14)16-11(20)17-12(10(18)19)1-2-21-5-12/h3-4H,1-2,5H2,(H,18,19)(H2,16,17,20). The maximum Gasteiger partial charge on any atom is 0.332 e. The van der Waals surface area contributed by atoms with Gasteiger partial charge in [-0.15, -0.1) is 0 Å². The van der Waals surface area contributed by atoms with Crippen LogP contribution < -0.4 is 10.6 Å². The van der Waals surface area contributed by atoms with E-state index in [-0.39, 0.29) is 40.4 Å². The van der Waals surface area contributed by atoms with Crippen molar-refractivity contribution in [2.45, 2.75) is 12.0 Å². The van der Waals surface area contributed by atoms with Crippen molar-refractivity contribution < 1.29 is 19.4 Å². The maximum atomic E-state index is 12.0. The number of carboxylic acids is 1. The van der Waals surface area contributed by atoms with Crippen molar-refractivity contribution in [1.82, 2.24) is 5.32 Å². The second kappa shape index (κ2) is 6.27. The number of carbonyl (C=O) groups excluding carboxylic acids is 1. The summed E-state index contributed by atoms with van der Waals surface area (Å²) in [6.45, 7) is 0.172. The molecule has 3 N–H and O–H groups in total. The summed E-state index contributed by atoms with van der Waals surface area (Å²) in [7, 11) is 0. The highest BCUT2D eigenvalue weighted by atomic mass is 35.5. The van der Waals surface area contributed by atoms with Gasteiger partial charge in [-0.3, -0.25) is 0 Å². The summed E-state index contributed by atoms with van der Waals surface area (Å²) in [5, 5.41) is 14.7. The lowest BCUT2D eigenvalue weighted by Gasteiger charge is -2.24. The van der Waals surface area contributed by atoms with Gasteiger partial charge in [0.2, 0.25) is 0 Å². The van der Waals surface area contributed by atoms with Gasteiger partial charge in [-0.1, -0.05) is 34.8 Å². The molecule has 2 rings (SSSR count). The Morgan fingerprint density at radius 3 is 2.43 bits per heavy atom. The van der Waals surface area contributed by atoms with Crippen LogP contribution in [0.3, 0.4) is 0 Å². The summed E-state index contributed by atoms with van der Waals surface area (Å²) in [6, 6.07) is 2.04. The normalized spacial score (nSPS) is 21.1. The Morgan fingerprint density at radius 2 is 1.86 bits per heavy atom. The average Bonchev–Trinajstić information content (AvgIpc) is 2.85. The number of anilines is 1. The van der Waals surface area contributed by atoms with Crippen molar-refractivity contribution in [2.24, 2.45) is 0 Å². The molecule has 1 aliphatic heterocycles. The van der Waals surface area contributed by atoms with E-state index in [4.69, 9.17) is 39.5 Å². The molecule has 1 saturated heterocycles. The summed E-state index contributed by atoms with van der Waals surface area (Å²) >= 11 is 17.6. The third kappa shape index (κ3) is 3.52. The number of halogens is 3. The Labute approximate surface area is 135 Å². The highest BCUT2D eigenvalue weighted by Crippen LogP contribution is 2.32. The van der Waals surface area contributed by atoms with Gasteiger partial charge in [-0.2, -0.15) is 0 Å². The third-order valence-corrected chi connectivity index (χ3v) is 4.08. The predicted molar refractivity (Wildman–Crippen MR) is 79.4 cm³/mol. The Morgan fingerprint density at radius 1 is 1.19 bits per heavy atom. The third-order valence-electron chi connectivity index (χ3n) is 3.04. The van der Waals surface area contributed by atoms with Crippen molar-refractivity contribution in [2.75, 3.05) is 18.5 Å². The van der Waals surface area contributed by atoms with E-state index in [9.17, 15) is 14.7 Å². The number of hydrogen-bond acceptors (Lipinski definition) is 3. The second-order valence-corrected chi connectivity index (χ2v) is 5.74. The topological polar surface area (TPSA) is 87.7 Å². The minimum Gasteiger partial charge on any atom is -0.479 e. The Kier molecular flexibility index (Phi) is 4.83. The van der Waals surface area contributed by atoms with Crippen molar-refractivity contribution in [3.05, 3.63) is 27.2 Å². The van der Waals surface area contributed by atoms with Crippen molar-refractivity contribution in [3.63, 3.8) is 0 Å². The minimum absolute atomic E-state index is 0.0924. The van der Waals surface area contributed by atoms with Crippen LogP contribution >= 0.6 is 34.8 Å². The first kappa shape index (κ1) is 16.2. The van der Waals surface area contributed by atoms with E-state index < -0.39 is 17.5 Å². The minimum atomic E-state index is -1.44. The quantitative estimate of drug-likeness (QED) is 0.729. The number of ether oxygens (including phenoxy) is 1. The van der Waals surface area contributed by atoms with E-state index in [2.05, 4.69) is 10.6 Å². The summed E-state index contributed by atoms with van der Waals surface area (Å²) in [5.41, 5.74) is -1.21. The van der Waals surface area contributed by atoms with Crippen molar-refractivity contribution >= 4 is 52.5 Å². The number of carboxylic acid groups (broad SMARTS) is 1. The first-order chi connectivity index (χ1) is 9.84. The van der Waals surface area contributed by atoms with Crippen LogP contribution in [0.25, 0.3) is 0 Å². The Balaban J connectivity index is 2.12. The van der Waals surface area contributed by atoms with Crippen LogP contribution in [-0.4, -0.2) is 35.9 Å². The SMILES string of the molecule is O=C(Nc1cc(Cl)c(Cl)cc1Cl)NC1(C(=O)O)CCOC1. The van der Waals surface area contributed by atoms with E-state index in [1.54, 1.807) is 0 Å². The molecule has 1 aromatic rings. The summed E-state index contributed by atoms with van der Waals surface area (Å²) in [4.78, 5) is 23.2. The molecule has 0 spiro atoms. The molecular formula is C12H11Cl3N2O4. The number of benzene rings is 1. The van der Waals surface area contributed by atoms with E-state index in [0.717, 1.165) is 0 Å². The molecule has 6 nitrogen and oxygen atoms in total. The lowest BCUT2D eigenvalue weighted by Crippen LogP contribution is -2.56. The van der Waals surface area contributed by atoms with Crippen LogP contribution in [0.15, 0.2) is 12.1 Å². The molecule has 0 radical (unpaired) electrons. The molecule has 1 aliphatic rings. The largest absolute Gasteiger partial charge is 0.479 e. The maximum absolute atomic E-state index is 12.0. The molecule has 2 amide bonds. The molecule has 0 aliphatic carbocycles. The number of nitrogens with one attached hydrogen (secondary N) is 2. The molecular weight excluding hydrogens is 343 g/mol. The fourth-order valence-corrected chi connectivity index (χ4v) is 2.47. The van der Waals surface area contributed by atoms with Crippen LogP contribution in [0.5, 0.6) is 0 Å². The van der Waals surface area contributed by atoms with Crippen molar-refractivity contribution in [1.29, 1.82) is 0 Å². The molecule has 114 valence electrons. The lowest BCUT2D eigenvalue weighted by molar-refractivity contribution is -0.144. The zero-order valence-electron chi connectivity index (χ0n) is 10.6. The Bertz CT molecular complexity index is 588. The highest BCUT2D eigenvalue weighted by molar-refractivity contribution is 6.44. The molecule has 1 aromatic carbocycles. The van der Waals surface area contributed by atoms with Gasteiger partial charge < -0.3 is 20.5 Å². The van der Waals surface area contributed by atoms with Gasteiger partial charge in [0.05, 0.1) is 27.4 Å². The summed E-state index contributed by atoms with van der Waals surface area (Å²) < 4.78 is 5.04. The summed E-state index contributed by atoms with van der Waals surface area (Å²) in [6.07, 6.45) is 0.185. The molecule has 0 saturated carbocycles. The zero-order chi connectivity index (χ0) is 15.6. The lowest BCUT2D eigenvalue weighted by atomic mass is 9.99. The van der Waals surface area contributed by atoms with Crippen LogP contribution in [0.1, 0.15) is 6.42 Å². The molecule has 1 atom stereocenters. The van der Waals surface area contributed by atoms with Gasteiger partial charge in [0.15, 0.2) is 5.54 Å². The first-order valence-corrected chi connectivity index (χ1v) is 7.02. The number of carbonyl (C=O) groups is 2. The number of rotatable bonds is 3. The molecule has 1 fully saturated rings. The molecule has 21 heavy (non-hydrogen) atoms. The molecule has 0 aromatic heterocycles. The van der Waals surface area contributed by atoms with Gasteiger partial charge in [0.1, 0.15) is 0 Å². The van der Waals surface area contributed by atoms with Crippen LogP contribution in [-0.2, 0) is 9.53 Å². The van der Waals surface area contributed by atoms with E-state index in [0.29, 0.717) is 0 Å². The smallest absolute Gasteiger partial charge is 0.332 e. The number of urea groups is 1. The first-order valence-electron chi connectivity index (χ1n) is 5.89. The van der Waals surface area contributed by atoms with Gasteiger partial charge in [0.25, 0.3) is 0 Å². The fourth-order valence-electron chi connectivity index (χ4n) is 1.87. The van der Waals surface area contributed by atoms with Gasteiger partial charge in [-0.05, 0) is 12.1 Å². The second-order valence-electron chi connectivity index (χ2n) is 4.52. The monoisotopic (exact) mass is 352 g/mol. The van der Waals surface area contributed by atoms with Gasteiger partial charge in [-0.25, -0.2) is 9.59 Å². The van der Waals surface area contributed by atoms with Gasteiger partial charge >= 0.3 is 12.0 Å².